The Kier molecular flexibility index (Phi) is 7.47. The quantitative estimate of drug-likeness (QED) is 0.529. The Balaban J connectivity index is 2.63. The number of methoxy groups -OCH3 is 1. The van der Waals surface area contributed by atoms with E-state index in [9.17, 15) is 0 Å². The molecule has 0 heterocycles. The molecule has 0 aliphatic rings. The van der Waals surface area contributed by atoms with Gasteiger partial charge in [0.15, 0.2) is 11.5 Å². The van der Waals surface area contributed by atoms with Crippen LogP contribution >= 0.6 is 27.5 Å². The van der Waals surface area contributed by atoms with Crippen LogP contribution in [0.25, 0.3) is 0 Å². The Morgan fingerprint density at radius 2 is 2.00 bits per heavy atom. The molecule has 1 aromatic carbocycles. The van der Waals surface area contributed by atoms with Gasteiger partial charge < -0.3 is 14.2 Å². The average molecular weight is 338 g/mol. The lowest BCUT2D eigenvalue weighted by atomic mass is 10.2. The van der Waals surface area contributed by atoms with Crippen molar-refractivity contribution < 1.29 is 14.2 Å². The van der Waals surface area contributed by atoms with Gasteiger partial charge in [0.05, 0.1) is 18.7 Å². The van der Waals surface area contributed by atoms with E-state index in [1.165, 1.54) is 0 Å². The van der Waals surface area contributed by atoms with Crippen molar-refractivity contribution in [1.29, 1.82) is 0 Å². The number of ether oxygens (including phenoxy) is 3. The Hall–Kier alpha value is -0.450. The molecule has 0 unspecified atom stereocenters. The van der Waals surface area contributed by atoms with Crippen LogP contribution in [0.1, 0.15) is 18.9 Å². The van der Waals surface area contributed by atoms with Gasteiger partial charge in [-0.3, -0.25) is 0 Å². The standard InChI is InChI=1S/C13H18BrClO3/c1-3-4-17-5-6-18-13-11(15)7-10(9-14)8-12(13)16-2/h7-8H,3-6,9H2,1-2H3. The molecule has 0 aliphatic carbocycles. The molecule has 5 heteroatoms. The predicted octanol–water partition coefficient (Wildman–Crippen LogP) is 4.05. The van der Waals surface area contributed by atoms with Gasteiger partial charge in [-0.25, -0.2) is 0 Å². The van der Waals surface area contributed by atoms with Crippen LogP contribution in [0, 0.1) is 0 Å². The van der Waals surface area contributed by atoms with E-state index in [1.54, 1.807) is 7.11 Å². The summed E-state index contributed by atoms with van der Waals surface area (Å²) in [7, 11) is 1.60. The summed E-state index contributed by atoms with van der Waals surface area (Å²) in [5.41, 5.74) is 1.05. The van der Waals surface area contributed by atoms with E-state index < -0.39 is 0 Å². The van der Waals surface area contributed by atoms with Gasteiger partial charge in [0.1, 0.15) is 6.61 Å². The molecule has 0 aromatic heterocycles. The van der Waals surface area contributed by atoms with E-state index in [2.05, 4.69) is 22.9 Å². The number of hydrogen-bond donors (Lipinski definition) is 0. The van der Waals surface area contributed by atoms with Gasteiger partial charge in [-0.15, -0.1) is 0 Å². The lowest BCUT2D eigenvalue weighted by molar-refractivity contribution is 0.0995. The van der Waals surface area contributed by atoms with Gasteiger partial charge in [0.2, 0.25) is 0 Å². The van der Waals surface area contributed by atoms with E-state index in [0.29, 0.717) is 29.7 Å². The van der Waals surface area contributed by atoms with Crippen molar-refractivity contribution in [2.45, 2.75) is 18.7 Å². The van der Waals surface area contributed by atoms with Crippen molar-refractivity contribution >= 4 is 27.5 Å². The molecular formula is C13H18BrClO3. The highest BCUT2D eigenvalue weighted by Crippen LogP contribution is 2.36. The van der Waals surface area contributed by atoms with Crippen LogP contribution in [0.15, 0.2) is 12.1 Å². The maximum Gasteiger partial charge on any atom is 0.179 e. The van der Waals surface area contributed by atoms with E-state index in [0.717, 1.165) is 23.9 Å². The third-order valence-corrected chi connectivity index (χ3v) is 3.19. The summed E-state index contributed by atoms with van der Waals surface area (Å²) in [5.74, 6) is 1.22. The Morgan fingerprint density at radius 3 is 2.61 bits per heavy atom. The minimum absolute atomic E-state index is 0.462. The third-order valence-electron chi connectivity index (χ3n) is 2.27. The molecule has 102 valence electrons. The van der Waals surface area contributed by atoms with Crippen LogP contribution in [-0.4, -0.2) is 26.9 Å². The van der Waals surface area contributed by atoms with Gasteiger partial charge in [0.25, 0.3) is 0 Å². The van der Waals surface area contributed by atoms with Crippen molar-refractivity contribution in [3.63, 3.8) is 0 Å². The molecule has 0 atom stereocenters. The summed E-state index contributed by atoms with van der Waals surface area (Å²) >= 11 is 9.55. The van der Waals surface area contributed by atoms with Gasteiger partial charge in [-0.2, -0.15) is 0 Å². The number of benzene rings is 1. The molecule has 18 heavy (non-hydrogen) atoms. The highest BCUT2D eigenvalue weighted by atomic mass is 79.9. The molecular weight excluding hydrogens is 319 g/mol. The van der Waals surface area contributed by atoms with Gasteiger partial charge in [-0.05, 0) is 24.1 Å². The summed E-state index contributed by atoms with van der Waals surface area (Å²) in [6, 6.07) is 3.77. The molecule has 0 bridgehead atoms. The zero-order chi connectivity index (χ0) is 13.4. The first-order valence-electron chi connectivity index (χ1n) is 5.85. The van der Waals surface area contributed by atoms with Crippen molar-refractivity contribution in [3.8, 4) is 11.5 Å². The second kappa shape index (κ2) is 8.62. The number of alkyl halides is 1. The summed E-state index contributed by atoms with van der Waals surface area (Å²) in [6.45, 7) is 3.83. The molecule has 0 N–H and O–H groups in total. The molecule has 0 amide bonds. The molecule has 0 aliphatic heterocycles. The first-order valence-corrected chi connectivity index (χ1v) is 7.35. The number of rotatable bonds is 8. The van der Waals surface area contributed by atoms with Gasteiger partial charge in [0, 0.05) is 11.9 Å². The van der Waals surface area contributed by atoms with Crippen molar-refractivity contribution in [3.05, 3.63) is 22.7 Å². The Bertz CT molecular complexity index is 371. The SMILES string of the molecule is CCCOCCOc1c(Cl)cc(CBr)cc1OC. The fourth-order valence-corrected chi connectivity index (χ4v) is 2.05. The summed E-state index contributed by atoms with van der Waals surface area (Å²) in [5, 5.41) is 1.28. The molecule has 1 rings (SSSR count). The van der Waals surface area contributed by atoms with Crippen molar-refractivity contribution in [2.75, 3.05) is 26.9 Å². The smallest absolute Gasteiger partial charge is 0.179 e. The first-order chi connectivity index (χ1) is 8.72. The molecule has 0 fully saturated rings. The Morgan fingerprint density at radius 1 is 1.22 bits per heavy atom. The fourth-order valence-electron chi connectivity index (χ4n) is 1.44. The van der Waals surface area contributed by atoms with Crippen LogP contribution in [-0.2, 0) is 10.1 Å². The number of hydrogen-bond acceptors (Lipinski definition) is 3. The van der Waals surface area contributed by atoms with Crippen LogP contribution in [0.5, 0.6) is 11.5 Å². The molecule has 0 saturated heterocycles. The van der Waals surface area contributed by atoms with Crippen molar-refractivity contribution in [2.24, 2.45) is 0 Å². The minimum atomic E-state index is 0.462. The van der Waals surface area contributed by atoms with E-state index in [1.807, 2.05) is 12.1 Å². The predicted molar refractivity (Wildman–Crippen MR) is 77.2 cm³/mol. The number of halogens is 2. The molecule has 1 aromatic rings. The molecule has 0 radical (unpaired) electrons. The maximum atomic E-state index is 6.17. The van der Waals surface area contributed by atoms with Crippen LogP contribution in [0.2, 0.25) is 5.02 Å². The van der Waals surface area contributed by atoms with Crippen LogP contribution in [0.4, 0.5) is 0 Å². The average Bonchev–Trinajstić information content (AvgIpc) is 2.39. The molecule has 3 nitrogen and oxygen atoms in total. The zero-order valence-electron chi connectivity index (χ0n) is 10.7. The first kappa shape index (κ1) is 15.6. The molecule has 0 spiro atoms. The summed E-state index contributed by atoms with van der Waals surface area (Å²) in [6.07, 6.45) is 1.00. The van der Waals surface area contributed by atoms with Crippen molar-refractivity contribution in [1.82, 2.24) is 0 Å². The summed E-state index contributed by atoms with van der Waals surface area (Å²) in [4.78, 5) is 0. The fraction of sp³-hybridized carbons (Fsp3) is 0.538. The third kappa shape index (κ3) is 4.67. The second-order valence-electron chi connectivity index (χ2n) is 3.70. The highest BCUT2D eigenvalue weighted by molar-refractivity contribution is 9.08. The zero-order valence-corrected chi connectivity index (χ0v) is 13.0. The largest absolute Gasteiger partial charge is 0.493 e. The monoisotopic (exact) mass is 336 g/mol. The van der Waals surface area contributed by atoms with Crippen LogP contribution < -0.4 is 9.47 Å². The topological polar surface area (TPSA) is 27.7 Å². The lowest BCUT2D eigenvalue weighted by Gasteiger charge is -2.13. The van der Waals surface area contributed by atoms with Gasteiger partial charge in [-0.1, -0.05) is 34.5 Å². The maximum absolute atomic E-state index is 6.17. The summed E-state index contributed by atoms with van der Waals surface area (Å²) < 4.78 is 16.2. The van der Waals surface area contributed by atoms with E-state index in [4.69, 9.17) is 25.8 Å². The minimum Gasteiger partial charge on any atom is -0.493 e. The van der Waals surface area contributed by atoms with E-state index >= 15 is 0 Å². The lowest BCUT2D eigenvalue weighted by Crippen LogP contribution is -2.08. The van der Waals surface area contributed by atoms with E-state index in [-0.39, 0.29) is 0 Å². The van der Waals surface area contributed by atoms with Gasteiger partial charge >= 0.3 is 0 Å². The highest BCUT2D eigenvalue weighted by Gasteiger charge is 2.11. The Labute approximate surface area is 121 Å². The van der Waals surface area contributed by atoms with Crippen LogP contribution in [0.3, 0.4) is 0 Å². The normalized spacial score (nSPS) is 10.4. The second-order valence-corrected chi connectivity index (χ2v) is 4.67. The molecule has 0 saturated carbocycles.